The number of rotatable bonds is 3. The largest absolute Gasteiger partial charge is 0.459 e. The van der Waals surface area contributed by atoms with Gasteiger partial charge in [0.15, 0.2) is 0 Å². The fourth-order valence-electron chi connectivity index (χ4n) is 2.37. The zero-order valence-electron chi connectivity index (χ0n) is 11.2. The lowest BCUT2D eigenvalue weighted by atomic mass is 10.0. The average Bonchev–Trinajstić information content (AvgIpc) is 2.87. The second-order valence-corrected chi connectivity index (χ2v) is 5.51. The maximum absolute atomic E-state index is 13.6. The summed E-state index contributed by atoms with van der Waals surface area (Å²) in [5.74, 6) is 0.204. The third kappa shape index (κ3) is 2.64. The quantitative estimate of drug-likeness (QED) is 0.717. The van der Waals surface area contributed by atoms with Crippen molar-refractivity contribution in [2.24, 2.45) is 0 Å². The van der Waals surface area contributed by atoms with Crippen LogP contribution in [0.4, 0.5) is 4.39 Å². The van der Waals surface area contributed by atoms with Crippen molar-refractivity contribution >= 4 is 34.2 Å². The first-order valence-electron chi connectivity index (χ1n) is 6.40. The Hall–Kier alpha value is -1.55. The zero-order valence-corrected chi connectivity index (χ0v) is 12.7. The van der Waals surface area contributed by atoms with Gasteiger partial charge in [-0.1, -0.05) is 35.3 Å². The summed E-state index contributed by atoms with van der Waals surface area (Å²) < 4.78 is 19.5. The summed E-state index contributed by atoms with van der Waals surface area (Å²) in [4.78, 5) is 0. The van der Waals surface area contributed by atoms with Crippen LogP contribution in [-0.2, 0) is 0 Å². The normalized spacial score (nSPS) is 12.8. The molecule has 0 aliphatic carbocycles. The first-order chi connectivity index (χ1) is 10.1. The molecule has 0 saturated heterocycles. The van der Waals surface area contributed by atoms with Crippen LogP contribution in [0, 0.1) is 5.82 Å². The minimum absolute atomic E-state index is 0.0929. The lowest BCUT2D eigenvalue weighted by Crippen LogP contribution is -2.17. The van der Waals surface area contributed by atoms with Crippen molar-refractivity contribution in [2.45, 2.75) is 6.04 Å². The van der Waals surface area contributed by atoms with Gasteiger partial charge in [0.2, 0.25) is 0 Å². The number of fused-ring (bicyclic) bond motifs is 1. The Balaban J connectivity index is 2.11. The van der Waals surface area contributed by atoms with Crippen molar-refractivity contribution in [3.63, 3.8) is 0 Å². The van der Waals surface area contributed by atoms with Crippen LogP contribution >= 0.6 is 23.2 Å². The van der Waals surface area contributed by atoms with E-state index < -0.39 is 5.82 Å². The number of hydrogen-bond acceptors (Lipinski definition) is 2. The van der Waals surface area contributed by atoms with Gasteiger partial charge in [0.05, 0.1) is 11.1 Å². The van der Waals surface area contributed by atoms with Gasteiger partial charge < -0.3 is 9.73 Å². The van der Waals surface area contributed by atoms with Crippen LogP contribution in [0.25, 0.3) is 11.0 Å². The molecule has 0 fully saturated rings. The lowest BCUT2D eigenvalue weighted by molar-refractivity contribution is 0.490. The van der Waals surface area contributed by atoms with Gasteiger partial charge in [-0.25, -0.2) is 4.39 Å². The van der Waals surface area contributed by atoms with Gasteiger partial charge in [-0.2, -0.15) is 0 Å². The summed E-state index contributed by atoms with van der Waals surface area (Å²) in [6, 6.07) is 11.7. The third-order valence-corrected chi connectivity index (χ3v) is 4.00. The van der Waals surface area contributed by atoms with Crippen molar-refractivity contribution in [1.29, 1.82) is 0 Å². The van der Waals surface area contributed by atoms with Gasteiger partial charge in [0.25, 0.3) is 0 Å². The second-order valence-electron chi connectivity index (χ2n) is 4.70. The molecule has 0 spiro atoms. The second kappa shape index (κ2) is 5.68. The number of hydrogen-bond donors (Lipinski definition) is 1. The highest BCUT2D eigenvalue weighted by atomic mass is 35.5. The molecule has 1 atom stereocenters. The lowest BCUT2D eigenvalue weighted by Gasteiger charge is -2.15. The molecule has 2 nitrogen and oxygen atoms in total. The Bertz CT molecular complexity index is 800. The fraction of sp³-hybridized carbons (Fsp3) is 0.125. The van der Waals surface area contributed by atoms with Crippen molar-refractivity contribution in [2.75, 3.05) is 7.05 Å². The minimum atomic E-state index is -0.450. The molecule has 0 aliphatic rings. The molecule has 1 N–H and O–H groups in total. The van der Waals surface area contributed by atoms with E-state index in [1.54, 1.807) is 31.3 Å². The Morgan fingerprint density at radius 1 is 1.14 bits per heavy atom. The molecule has 2 aromatic carbocycles. The highest BCUT2D eigenvalue weighted by Gasteiger charge is 2.21. The molecule has 0 radical (unpaired) electrons. The minimum Gasteiger partial charge on any atom is -0.459 e. The molecule has 3 rings (SSSR count). The van der Waals surface area contributed by atoms with Crippen molar-refractivity contribution < 1.29 is 8.81 Å². The summed E-state index contributed by atoms with van der Waals surface area (Å²) in [5, 5.41) is 4.73. The van der Waals surface area contributed by atoms with E-state index in [2.05, 4.69) is 5.32 Å². The molecule has 108 valence electrons. The number of benzene rings is 2. The van der Waals surface area contributed by atoms with E-state index in [1.807, 2.05) is 12.1 Å². The van der Waals surface area contributed by atoms with Gasteiger partial charge in [-0.15, -0.1) is 0 Å². The Kier molecular flexibility index (Phi) is 3.89. The zero-order chi connectivity index (χ0) is 15.0. The van der Waals surface area contributed by atoms with Crippen LogP contribution in [0.15, 0.2) is 46.9 Å². The first-order valence-corrected chi connectivity index (χ1v) is 7.16. The van der Waals surface area contributed by atoms with Gasteiger partial charge in [-0.05, 0) is 42.9 Å². The van der Waals surface area contributed by atoms with Crippen molar-refractivity contribution in [3.05, 3.63) is 69.7 Å². The van der Waals surface area contributed by atoms with Gasteiger partial charge >= 0.3 is 0 Å². The van der Waals surface area contributed by atoms with Crippen LogP contribution in [0.5, 0.6) is 0 Å². The third-order valence-electron chi connectivity index (χ3n) is 3.36. The summed E-state index contributed by atoms with van der Waals surface area (Å²) in [6.07, 6.45) is 0. The predicted molar refractivity (Wildman–Crippen MR) is 83.5 cm³/mol. The van der Waals surface area contributed by atoms with Crippen molar-refractivity contribution in [1.82, 2.24) is 5.32 Å². The highest BCUT2D eigenvalue weighted by Crippen LogP contribution is 2.33. The van der Waals surface area contributed by atoms with Crippen LogP contribution in [0.3, 0.4) is 0 Å². The van der Waals surface area contributed by atoms with Gasteiger partial charge in [0, 0.05) is 10.4 Å². The fourth-order valence-corrected chi connectivity index (χ4v) is 2.79. The molecule has 0 amide bonds. The monoisotopic (exact) mass is 323 g/mol. The van der Waals surface area contributed by atoms with E-state index in [-0.39, 0.29) is 11.1 Å². The predicted octanol–water partition coefficient (Wildman–Crippen LogP) is 5.19. The molecule has 0 bridgehead atoms. The average molecular weight is 324 g/mol. The molecular formula is C16H12Cl2FNO. The summed E-state index contributed by atoms with van der Waals surface area (Å²) >= 11 is 12.0. The number of halogens is 3. The van der Waals surface area contributed by atoms with Crippen LogP contribution in [0.1, 0.15) is 17.4 Å². The summed E-state index contributed by atoms with van der Waals surface area (Å²) in [7, 11) is 1.77. The number of nitrogens with one attached hydrogen (secondary N) is 1. The summed E-state index contributed by atoms with van der Waals surface area (Å²) in [5.41, 5.74) is 1.35. The molecule has 1 aromatic heterocycles. The smallest absolute Gasteiger partial charge is 0.142 e. The number of furan rings is 1. The molecule has 21 heavy (non-hydrogen) atoms. The molecule has 1 unspecified atom stereocenters. The standard InChI is InChI=1S/C16H12Cl2FNO/c1-20-16(11-3-2-4-12(19)15(11)18)14-8-9-7-10(17)5-6-13(9)21-14/h2-8,16,20H,1H3. The van der Waals surface area contributed by atoms with E-state index in [0.29, 0.717) is 16.3 Å². The van der Waals surface area contributed by atoms with Crippen molar-refractivity contribution in [3.8, 4) is 0 Å². The highest BCUT2D eigenvalue weighted by molar-refractivity contribution is 6.31. The summed E-state index contributed by atoms with van der Waals surface area (Å²) in [6.45, 7) is 0. The van der Waals surface area contributed by atoms with E-state index in [1.165, 1.54) is 6.07 Å². The molecule has 5 heteroatoms. The van der Waals surface area contributed by atoms with Gasteiger partial charge in [-0.3, -0.25) is 0 Å². The van der Waals surface area contributed by atoms with E-state index in [4.69, 9.17) is 27.6 Å². The Labute approximate surface area is 131 Å². The molecule has 1 heterocycles. The van der Waals surface area contributed by atoms with Crippen LogP contribution in [-0.4, -0.2) is 7.05 Å². The van der Waals surface area contributed by atoms with E-state index >= 15 is 0 Å². The SMILES string of the molecule is CNC(c1cc2cc(Cl)ccc2o1)c1cccc(F)c1Cl. The van der Waals surface area contributed by atoms with E-state index in [9.17, 15) is 4.39 Å². The van der Waals surface area contributed by atoms with Crippen LogP contribution in [0.2, 0.25) is 10.0 Å². The Morgan fingerprint density at radius 2 is 1.95 bits per heavy atom. The van der Waals surface area contributed by atoms with Crippen LogP contribution < -0.4 is 5.32 Å². The van der Waals surface area contributed by atoms with E-state index in [0.717, 1.165) is 11.0 Å². The maximum atomic E-state index is 13.6. The molecule has 3 aromatic rings. The molecule has 0 aliphatic heterocycles. The topological polar surface area (TPSA) is 25.2 Å². The Morgan fingerprint density at radius 3 is 2.71 bits per heavy atom. The maximum Gasteiger partial charge on any atom is 0.142 e. The molecular weight excluding hydrogens is 312 g/mol. The van der Waals surface area contributed by atoms with Gasteiger partial charge in [0.1, 0.15) is 17.2 Å². The first kappa shape index (κ1) is 14.4. The molecule has 0 saturated carbocycles.